The lowest BCUT2D eigenvalue weighted by Crippen LogP contribution is -2.17. The van der Waals surface area contributed by atoms with Crippen molar-refractivity contribution in [3.8, 4) is 0 Å². The lowest BCUT2D eigenvalue weighted by atomic mass is 10.3. The van der Waals surface area contributed by atoms with Crippen LogP contribution in [-0.2, 0) is 4.74 Å². The fraction of sp³-hybridized carbons (Fsp3) is 0.400. The van der Waals surface area contributed by atoms with Crippen molar-refractivity contribution in [2.75, 3.05) is 11.9 Å². The number of hydrogen-bond donors (Lipinski definition) is 2. The summed E-state index contributed by atoms with van der Waals surface area (Å²) in [6, 6.07) is 1.63. The Kier molecular flexibility index (Phi) is 5.69. The van der Waals surface area contributed by atoms with Crippen LogP contribution >= 0.6 is 33.9 Å². The molecule has 0 fully saturated rings. The van der Waals surface area contributed by atoms with E-state index in [4.69, 9.17) is 10.5 Å². The maximum Gasteiger partial charge on any atom is 0.412 e. The standard InChI is InChI=1S/C10H13IN2O3S/c1-2-3-4-16-10(15)13-9-6(8(12)14)5-7(11)17-9/h5H,2-4H2,1H3,(H2,12,14)(H,13,15). The quantitative estimate of drug-likeness (QED) is 0.620. The van der Waals surface area contributed by atoms with Gasteiger partial charge in [-0.2, -0.15) is 0 Å². The molecule has 0 atom stereocenters. The van der Waals surface area contributed by atoms with Crippen LogP contribution in [0.4, 0.5) is 9.80 Å². The van der Waals surface area contributed by atoms with Gasteiger partial charge >= 0.3 is 6.09 Å². The molecule has 0 bridgehead atoms. The number of nitrogens with one attached hydrogen (secondary N) is 1. The molecule has 0 spiro atoms. The summed E-state index contributed by atoms with van der Waals surface area (Å²) in [5.41, 5.74) is 5.51. The number of hydrogen-bond acceptors (Lipinski definition) is 4. The van der Waals surface area contributed by atoms with E-state index in [0.717, 1.165) is 15.7 Å². The van der Waals surface area contributed by atoms with Crippen molar-refractivity contribution in [2.45, 2.75) is 19.8 Å². The predicted octanol–water partition coefficient (Wildman–Crippen LogP) is 2.80. The third kappa shape index (κ3) is 4.50. The average molecular weight is 368 g/mol. The molecule has 1 heterocycles. The number of rotatable bonds is 5. The van der Waals surface area contributed by atoms with Crippen molar-refractivity contribution >= 4 is 50.9 Å². The lowest BCUT2D eigenvalue weighted by molar-refractivity contribution is 0.100. The lowest BCUT2D eigenvalue weighted by Gasteiger charge is -2.05. The number of unbranched alkanes of at least 4 members (excludes halogenated alkanes) is 1. The van der Waals surface area contributed by atoms with Gasteiger partial charge in [-0.25, -0.2) is 4.79 Å². The zero-order chi connectivity index (χ0) is 12.8. The third-order valence-corrected chi connectivity index (χ3v) is 3.73. The first-order valence-corrected chi connectivity index (χ1v) is 6.97. The van der Waals surface area contributed by atoms with Gasteiger partial charge in [-0.05, 0) is 35.1 Å². The first-order valence-electron chi connectivity index (χ1n) is 5.07. The van der Waals surface area contributed by atoms with Gasteiger partial charge in [-0.3, -0.25) is 10.1 Å². The van der Waals surface area contributed by atoms with Crippen LogP contribution in [0.3, 0.4) is 0 Å². The minimum Gasteiger partial charge on any atom is -0.449 e. The molecule has 3 N–H and O–H groups in total. The highest BCUT2D eigenvalue weighted by molar-refractivity contribution is 14.1. The summed E-state index contributed by atoms with van der Waals surface area (Å²) >= 11 is 3.34. The van der Waals surface area contributed by atoms with Gasteiger partial charge in [0, 0.05) is 0 Å². The number of nitrogens with two attached hydrogens (primary N) is 1. The summed E-state index contributed by atoms with van der Waals surface area (Å²) in [6.45, 7) is 2.38. The number of carbonyl (C=O) groups is 2. The SMILES string of the molecule is CCCCOC(=O)Nc1sc(I)cc1C(N)=O. The number of amides is 2. The Morgan fingerprint density at radius 3 is 2.88 bits per heavy atom. The van der Waals surface area contributed by atoms with E-state index >= 15 is 0 Å². The van der Waals surface area contributed by atoms with Crippen LogP contribution in [0.2, 0.25) is 0 Å². The van der Waals surface area contributed by atoms with E-state index < -0.39 is 12.0 Å². The average Bonchev–Trinajstić information content (AvgIpc) is 2.60. The van der Waals surface area contributed by atoms with Crippen molar-refractivity contribution < 1.29 is 14.3 Å². The van der Waals surface area contributed by atoms with Gasteiger partial charge in [-0.15, -0.1) is 11.3 Å². The molecule has 1 rings (SSSR count). The van der Waals surface area contributed by atoms with Gasteiger partial charge in [-0.1, -0.05) is 13.3 Å². The van der Waals surface area contributed by atoms with E-state index in [1.54, 1.807) is 6.07 Å². The predicted molar refractivity (Wildman–Crippen MR) is 75.4 cm³/mol. The van der Waals surface area contributed by atoms with Crippen LogP contribution in [0, 0.1) is 2.88 Å². The summed E-state index contributed by atoms with van der Waals surface area (Å²) in [6.07, 6.45) is 1.22. The molecule has 94 valence electrons. The van der Waals surface area contributed by atoms with Crippen LogP contribution < -0.4 is 11.1 Å². The number of anilines is 1. The van der Waals surface area contributed by atoms with Crippen molar-refractivity contribution in [3.63, 3.8) is 0 Å². The molecule has 1 aromatic heterocycles. The Hall–Kier alpha value is -0.830. The van der Waals surface area contributed by atoms with Crippen LogP contribution in [-0.4, -0.2) is 18.6 Å². The normalized spacial score (nSPS) is 10.0. The summed E-state index contributed by atoms with van der Waals surface area (Å²) in [7, 11) is 0. The fourth-order valence-corrected chi connectivity index (χ4v) is 2.82. The van der Waals surface area contributed by atoms with Gasteiger partial charge in [0.2, 0.25) is 0 Å². The second kappa shape index (κ2) is 6.80. The topological polar surface area (TPSA) is 81.4 Å². The Bertz CT molecular complexity index is 420. The molecule has 0 unspecified atom stereocenters. The largest absolute Gasteiger partial charge is 0.449 e. The minimum absolute atomic E-state index is 0.312. The van der Waals surface area contributed by atoms with Crippen LogP contribution in [0.5, 0.6) is 0 Å². The summed E-state index contributed by atoms with van der Waals surface area (Å²) in [5, 5.41) is 2.96. The summed E-state index contributed by atoms with van der Waals surface area (Å²) in [5.74, 6) is -0.562. The van der Waals surface area contributed by atoms with E-state index in [2.05, 4.69) is 27.9 Å². The van der Waals surface area contributed by atoms with Crippen LogP contribution in [0.1, 0.15) is 30.1 Å². The van der Waals surface area contributed by atoms with Crippen LogP contribution in [0.25, 0.3) is 0 Å². The zero-order valence-corrected chi connectivity index (χ0v) is 12.3. The number of thiophene rings is 1. The second-order valence-electron chi connectivity index (χ2n) is 3.27. The van der Waals surface area contributed by atoms with E-state index in [0.29, 0.717) is 17.2 Å². The van der Waals surface area contributed by atoms with E-state index in [9.17, 15) is 9.59 Å². The maximum absolute atomic E-state index is 11.4. The van der Waals surface area contributed by atoms with Gasteiger partial charge in [0.05, 0.1) is 15.1 Å². The summed E-state index contributed by atoms with van der Waals surface area (Å²) in [4.78, 5) is 22.5. The van der Waals surface area contributed by atoms with Gasteiger partial charge in [0.1, 0.15) is 5.00 Å². The molecule has 7 heteroatoms. The third-order valence-electron chi connectivity index (χ3n) is 1.91. The smallest absolute Gasteiger partial charge is 0.412 e. The molecule has 0 aliphatic carbocycles. The van der Waals surface area contributed by atoms with Crippen molar-refractivity contribution in [2.24, 2.45) is 5.73 Å². The molecule has 0 saturated carbocycles. The number of halogens is 1. The molecular formula is C10H13IN2O3S. The fourth-order valence-electron chi connectivity index (χ4n) is 1.07. The molecule has 1 aromatic rings. The Morgan fingerprint density at radius 2 is 2.29 bits per heavy atom. The van der Waals surface area contributed by atoms with Crippen molar-refractivity contribution in [1.82, 2.24) is 0 Å². The molecule has 0 radical (unpaired) electrons. The first-order chi connectivity index (χ1) is 8.04. The highest BCUT2D eigenvalue weighted by atomic mass is 127. The first kappa shape index (κ1) is 14.2. The second-order valence-corrected chi connectivity index (χ2v) is 6.22. The molecule has 0 saturated heterocycles. The van der Waals surface area contributed by atoms with Gasteiger partial charge in [0.15, 0.2) is 0 Å². The molecule has 5 nitrogen and oxygen atoms in total. The highest BCUT2D eigenvalue weighted by Gasteiger charge is 2.15. The Balaban J connectivity index is 2.61. The van der Waals surface area contributed by atoms with Crippen molar-refractivity contribution in [3.05, 3.63) is 14.5 Å². The van der Waals surface area contributed by atoms with Crippen molar-refractivity contribution in [1.29, 1.82) is 0 Å². The van der Waals surface area contributed by atoms with Gasteiger partial charge < -0.3 is 10.5 Å². The monoisotopic (exact) mass is 368 g/mol. The van der Waals surface area contributed by atoms with Gasteiger partial charge in [0.25, 0.3) is 5.91 Å². The van der Waals surface area contributed by atoms with E-state index in [1.165, 1.54) is 11.3 Å². The van der Waals surface area contributed by atoms with Crippen LogP contribution in [0.15, 0.2) is 6.07 Å². The molecular weight excluding hydrogens is 355 g/mol. The zero-order valence-electron chi connectivity index (χ0n) is 9.29. The van der Waals surface area contributed by atoms with E-state index in [1.807, 2.05) is 6.92 Å². The molecule has 0 aromatic carbocycles. The minimum atomic E-state index is -0.562. The number of primary amides is 1. The number of ether oxygens (including phenoxy) is 1. The maximum atomic E-state index is 11.4. The molecule has 0 aliphatic heterocycles. The summed E-state index contributed by atoms with van der Waals surface area (Å²) < 4.78 is 5.81. The Labute approximate surface area is 117 Å². The Morgan fingerprint density at radius 1 is 1.59 bits per heavy atom. The molecule has 2 amide bonds. The molecule has 17 heavy (non-hydrogen) atoms. The highest BCUT2D eigenvalue weighted by Crippen LogP contribution is 2.28. The van der Waals surface area contributed by atoms with E-state index in [-0.39, 0.29) is 0 Å². The molecule has 0 aliphatic rings. The number of carbonyl (C=O) groups excluding carboxylic acids is 2.